The second kappa shape index (κ2) is 9.49. The molecule has 0 saturated carbocycles. The molecule has 0 fully saturated rings. The van der Waals surface area contributed by atoms with Crippen LogP contribution in [0.2, 0.25) is 0 Å². The Morgan fingerprint density at radius 2 is 1.93 bits per heavy atom. The number of unbranched alkanes of at least 4 members (excludes halogenated alkanes) is 2. The van der Waals surface area contributed by atoms with Gasteiger partial charge in [-0.05, 0) is 12.8 Å². The van der Waals surface area contributed by atoms with E-state index >= 15 is 0 Å². The number of nitrogens with zero attached hydrogens (tertiary/aromatic N) is 1. The molecule has 4 nitrogen and oxygen atoms in total. The van der Waals surface area contributed by atoms with Crippen molar-refractivity contribution in [1.82, 2.24) is 4.90 Å². The first-order valence-corrected chi connectivity index (χ1v) is 5.52. The second-order valence-corrected chi connectivity index (χ2v) is 3.44. The summed E-state index contributed by atoms with van der Waals surface area (Å²) in [5, 5.41) is 0. The highest BCUT2D eigenvalue weighted by molar-refractivity contribution is 5.74. The lowest BCUT2D eigenvalue weighted by Crippen LogP contribution is -2.30. The average Bonchev–Trinajstić information content (AvgIpc) is 2.24. The van der Waals surface area contributed by atoms with Crippen molar-refractivity contribution in [2.45, 2.75) is 39.5 Å². The Morgan fingerprint density at radius 1 is 1.27 bits per heavy atom. The molecule has 0 unspecified atom stereocenters. The van der Waals surface area contributed by atoms with Crippen molar-refractivity contribution in [3.05, 3.63) is 0 Å². The molecule has 0 aliphatic rings. The van der Waals surface area contributed by atoms with Crippen molar-refractivity contribution in [2.75, 3.05) is 19.7 Å². The fourth-order valence-corrected chi connectivity index (χ4v) is 1.04. The van der Waals surface area contributed by atoms with E-state index in [4.69, 9.17) is 4.74 Å². The van der Waals surface area contributed by atoms with Gasteiger partial charge in [0, 0.05) is 6.54 Å². The van der Waals surface area contributed by atoms with Gasteiger partial charge in [0.1, 0.15) is 6.54 Å². The van der Waals surface area contributed by atoms with Gasteiger partial charge in [0.05, 0.1) is 6.61 Å². The number of ether oxygens (including phenoxy) is 1. The van der Waals surface area contributed by atoms with E-state index in [2.05, 4.69) is 0 Å². The van der Waals surface area contributed by atoms with E-state index < -0.39 is 0 Å². The summed E-state index contributed by atoms with van der Waals surface area (Å²) in [4.78, 5) is 23.0. The summed E-state index contributed by atoms with van der Waals surface area (Å²) in [5.74, 6) is -0.345. The van der Waals surface area contributed by atoms with Gasteiger partial charge in [0.15, 0.2) is 0 Å². The van der Waals surface area contributed by atoms with Crippen LogP contribution < -0.4 is 0 Å². The molecule has 87 valence electrons. The number of amides is 1. The Morgan fingerprint density at radius 3 is 2.47 bits per heavy atom. The molecule has 0 aliphatic heterocycles. The maximum absolute atomic E-state index is 11.2. The molecule has 0 bridgehead atoms. The average molecular weight is 214 g/mol. The summed E-state index contributed by atoms with van der Waals surface area (Å²) in [6.45, 7) is 5.09. The van der Waals surface area contributed by atoms with Crippen LogP contribution in [0.4, 0.5) is 0 Å². The van der Waals surface area contributed by atoms with E-state index in [1.54, 1.807) is 6.41 Å². The topological polar surface area (TPSA) is 46.6 Å². The third-order valence-corrected chi connectivity index (χ3v) is 1.99. The van der Waals surface area contributed by atoms with Crippen molar-refractivity contribution in [3.63, 3.8) is 0 Å². The first-order chi connectivity index (χ1) is 7.24. The SMILES string of the molecule is CCCCOC(=O)CN([C]=O)CCCC. The lowest BCUT2D eigenvalue weighted by atomic mass is 10.3. The molecule has 1 amide bonds. The number of carbonyl (C=O) groups is 1. The van der Waals surface area contributed by atoms with E-state index in [1.807, 2.05) is 13.8 Å². The Labute approximate surface area is 91.6 Å². The lowest BCUT2D eigenvalue weighted by Gasteiger charge is -2.14. The molecule has 4 heteroatoms. The molecule has 0 spiro atoms. The van der Waals surface area contributed by atoms with E-state index in [0.717, 1.165) is 25.7 Å². The van der Waals surface area contributed by atoms with Gasteiger partial charge in [0.2, 0.25) is 0 Å². The normalized spacial score (nSPS) is 9.73. The van der Waals surface area contributed by atoms with Gasteiger partial charge in [-0.2, -0.15) is 0 Å². The number of hydrogen-bond donors (Lipinski definition) is 0. The molecule has 1 radical (unpaired) electrons. The van der Waals surface area contributed by atoms with Crippen LogP contribution in [0, 0.1) is 0 Å². The maximum atomic E-state index is 11.2. The van der Waals surface area contributed by atoms with E-state index in [1.165, 1.54) is 4.90 Å². The number of carbonyl (C=O) groups excluding carboxylic acids is 2. The predicted octanol–water partition coefficient (Wildman–Crippen LogP) is 1.50. The van der Waals surface area contributed by atoms with Crippen LogP contribution in [0.3, 0.4) is 0 Å². The van der Waals surface area contributed by atoms with Gasteiger partial charge >= 0.3 is 12.4 Å². The van der Waals surface area contributed by atoms with Crippen LogP contribution in [0.15, 0.2) is 0 Å². The molecule has 0 aliphatic carbocycles. The molecule has 15 heavy (non-hydrogen) atoms. The van der Waals surface area contributed by atoms with Gasteiger partial charge < -0.3 is 9.64 Å². The summed E-state index contributed by atoms with van der Waals surface area (Å²) in [6.07, 6.45) is 5.48. The minimum Gasteiger partial charge on any atom is -0.464 e. The molecular weight excluding hydrogens is 194 g/mol. The van der Waals surface area contributed by atoms with Crippen molar-refractivity contribution < 1.29 is 14.3 Å². The molecule has 0 aromatic heterocycles. The molecule has 0 N–H and O–H groups in total. The predicted molar refractivity (Wildman–Crippen MR) is 58.0 cm³/mol. The molecule has 0 aromatic rings. The summed E-state index contributed by atoms with van der Waals surface area (Å²) in [6, 6.07) is 0. The second-order valence-electron chi connectivity index (χ2n) is 3.44. The summed E-state index contributed by atoms with van der Waals surface area (Å²) in [7, 11) is 0. The monoisotopic (exact) mass is 214 g/mol. The highest BCUT2D eigenvalue weighted by Gasteiger charge is 2.09. The van der Waals surface area contributed by atoms with E-state index in [-0.39, 0.29) is 12.5 Å². The number of rotatable bonds is 9. The zero-order valence-electron chi connectivity index (χ0n) is 9.62. The van der Waals surface area contributed by atoms with Gasteiger partial charge in [-0.1, -0.05) is 26.7 Å². The standard InChI is InChI=1S/C11H20NO3/c1-3-5-7-12(10-13)9-11(14)15-8-6-4-2/h3-9H2,1-2H3. The van der Waals surface area contributed by atoms with Gasteiger partial charge in [-0.15, -0.1) is 0 Å². The lowest BCUT2D eigenvalue weighted by molar-refractivity contribution is -0.144. The van der Waals surface area contributed by atoms with Crippen molar-refractivity contribution in [2.24, 2.45) is 0 Å². The van der Waals surface area contributed by atoms with Crippen LogP contribution in [0.1, 0.15) is 39.5 Å². The highest BCUT2D eigenvalue weighted by atomic mass is 16.5. The molecule has 0 atom stereocenters. The fourth-order valence-electron chi connectivity index (χ4n) is 1.04. The van der Waals surface area contributed by atoms with E-state index in [9.17, 15) is 9.59 Å². The Kier molecular flexibility index (Phi) is 8.82. The third kappa shape index (κ3) is 7.97. The van der Waals surface area contributed by atoms with Crippen LogP contribution in [-0.4, -0.2) is 37.0 Å². The minimum absolute atomic E-state index is 0.0210. The zero-order valence-corrected chi connectivity index (χ0v) is 9.62. The van der Waals surface area contributed by atoms with Crippen LogP contribution >= 0.6 is 0 Å². The van der Waals surface area contributed by atoms with Crippen molar-refractivity contribution in [1.29, 1.82) is 0 Å². The molecular formula is C11H20NO3. The number of esters is 1. The summed E-state index contributed by atoms with van der Waals surface area (Å²) < 4.78 is 4.94. The Balaban J connectivity index is 3.65. The van der Waals surface area contributed by atoms with Crippen LogP contribution in [-0.2, 0) is 14.3 Å². The summed E-state index contributed by atoms with van der Waals surface area (Å²) in [5.41, 5.74) is 0. The minimum atomic E-state index is -0.345. The van der Waals surface area contributed by atoms with Crippen molar-refractivity contribution in [3.8, 4) is 0 Å². The Hall–Kier alpha value is -1.06. The first-order valence-electron chi connectivity index (χ1n) is 5.52. The Bertz CT molecular complexity index is 183. The highest BCUT2D eigenvalue weighted by Crippen LogP contribution is 1.94. The van der Waals surface area contributed by atoms with Gasteiger partial charge in [-0.25, -0.2) is 0 Å². The third-order valence-electron chi connectivity index (χ3n) is 1.99. The number of hydrogen-bond acceptors (Lipinski definition) is 3. The quantitative estimate of drug-likeness (QED) is 0.332. The molecule has 0 heterocycles. The molecule has 0 saturated heterocycles. The smallest absolute Gasteiger partial charge is 0.325 e. The van der Waals surface area contributed by atoms with Crippen LogP contribution in [0.25, 0.3) is 0 Å². The fraction of sp³-hybridized carbons (Fsp3) is 0.818. The first kappa shape index (κ1) is 13.9. The van der Waals surface area contributed by atoms with Gasteiger partial charge in [0.25, 0.3) is 0 Å². The van der Waals surface area contributed by atoms with E-state index in [0.29, 0.717) is 13.2 Å². The van der Waals surface area contributed by atoms with Gasteiger partial charge in [-0.3, -0.25) is 9.59 Å². The summed E-state index contributed by atoms with van der Waals surface area (Å²) >= 11 is 0. The maximum Gasteiger partial charge on any atom is 0.325 e. The van der Waals surface area contributed by atoms with Crippen molar-refractivity contribution >= 4 is 12.4 Å². The largest absolute Gasteiger partial charge is 0.464 e. The molecule has 0 aromatic carbocycles. The zero-order chi connectivity index (χ0) is 11.5. The molecule has 0 rings (SSSR count). The van der Waals surface area contributed by atoms with Crippen LogP contribution in [0.5, 0.6) is 0 Å².